The summed E-state index contributed by atoms with van der Waals surface area (Å²) >= 11 is 0. The van der Waals surface area contributed by atoms with E-state index in [2.05, 4.69) is 0 Å². The summed E-state index contributed by atoms with van der Waals surface area (Å²) in [5.41, 5.74) is 13.2. The molecule has 1 aliphatic rings. The topological polar surface area (TPSA) is 84.5 Å². The molecule has 1 heterocycles. The minimum absolute atomic E-state index is 0.0801. The summed E-state index contributed by atoms with van der Waals surface area (Å²) < 4.78 is 0. The van der Waals surface area contributed by atoms with Gasteiger partial charge in [0.05, 0.1) is 11.7 Å². The molecule has 5 nitrogen and oxygen atoms in total. The van der Waals surface area contributed by atoms with Crippen LogP contribution in [0.4, 0.5) is 0 Å². The molecule has 12 heavy (non-hydrogen) atoms. The van der Waals surface area contributed by atoms with Crippen molar-refractivity contribution in [2.24, 2.45) is 17.3 Å². The Labute approximate surface area is 72.7 Å². The normalized spacial score (nSPS) is 25.7. The lowest BCUT2D eigenvalue weighted by Gasteiger charge is -2.26. The number of nitrogens with zero attached hydrogens (tertiary/aromatic N) is 2. The van der Waals surface area contributed by atoms with Crippen LogP contribution in [0.3, 0.4) is 0 Å². The first-order valence-electron chi connectivity index (χ1n) is 4.05. The molecule has 0 amide bonds. The Morgan fingerprint density at radius 3 is 2.42 bits per heavy atom. The number of nitrogens with two attached hydrogens (primary N) is 3. The maximum absolute atomic E-state index is 5.85. The van der Waals surface area contributed by atoms with Crippen LogP contribution < -0.4 is 17.3 Å². The van der Waals surface area contributed by atoms with E-state index in [-0.39, 0.29) is 6.04 Å². The summed E-state index contributed by atoms with van der Waals surface area (Å²) in [4.78, 5) is 0. The second-order valence-electron chi connectivity index (χ2n) is 3.02. The monoisotopic (exact) mass is 171 g/mol. The third-order valence-electron chi connectivity index (χ3n) is 2.30. The molecule has 0 fully saturated rings. The van der Waals surface area contributed by atoms with E-state index in [1.807, 2.05) is 19.0 Å². The van der Waals surface area contributed by atoms with Gasteiger partial charge in [0.1, 0.15) is 0 Å². The van der Waals surface area contributed by atoms with Gasteiger partial charge in [-0.2, -0.15) is 5.12 Å². The zero-order valence-corrected chi connectivity index (χ0v) is 7.62. The highest BCUT2D eigenvalue weighted by molar-refractivity contribution is 5.19. The summed E-state index contributed by atoms with van der Waals surface area (Å²) in [7, 11) is 1.89. The molecule has 0 spiro atoms. The molecule has 0 saturated carbocycles. The van der Waals surface area contributed by atoms with Crippen molar-refractivity contribution in [2.75, 3.05) is 13.6 Å². The molecule has 1 atom stereocenters. The van der Waals surface area contributed by atoms with E-state index in [0.29, 0.717) is 6.54 Å². The Hall–Kier alpha value is -0.780. The number of hydrazine groups is 2. The van der Waals surface area contributed by atoms with Crippen LogP contribution in [0.15, 0.2) is 11.4 Å². The largest absolute Gasteiger partial charge is 0.399 e. The van der Waals surface area contributed by atoms with Gasteiger partial charge in [0.15, 0.2) is 0 Å². The summed E-state index contributed by atoms with van der Waals surface area (Å²) in [6.45, 7) is 2.57. The van der Waals surface area contributed by atoms with Gasteiger partial charge >= 0.3 is 0 Å². The second kappa shape index (κ2) is 3.30. The van der Waals surface area contributed by atoms with Crippen molar-refractivity contribution in [1.82, 2.24) is 10.1 Å². The van der Waals surface area contributed by atoms with Gasteiger partial charge in [-0.05, 0) is 13.5 Å². The molecule has 0 aromatic carbocycles. The fourth-order valence-electron chi connectivity index (χ4n) is 1.41. The molecule has 0 aromatic rings. The van der Waals surface area contributed by atoms with Crippen molar-refractivity contribution in [3.05, 3.63) is 11.4 Å². The van der Waals surface area contributed by atoms with Crippen LogP contribution in [0, 0.1) is 0 Å². The lowest BCUT2D eigenvalue weighted by molar-refractivity contribution is 0.0318. The molecule has 0 bridgehead atoms. The van der Waals surface area contributed by atoms with Crippen molar-refractivity contribution >= 4 is 0 Å². The minimum atomic E-state index is 0.0801. The Bertz CT molecular complexity index is 200. The molecule has 1 rings (SSSR count). The van der Waals surface area contributed by atoms with Gasteiger partial charge in [0, 0.05) is 19.2 Å². The Balaban J connectivity index is 2.80. The molecule has 0 aromatic heterocycles. The Morgan fingerprint density at radius 1 is 1.50 bits per heavy atom. The van der Waals surface area contributed by atoms with E-state index >= 15 is 0 Å². The van der Waals surface area contributed by atoms with Crippen LogP contribution in [-0.2, 0) is 0 Å². The van der Waals surface area contributed by atoms with Gasteiger partial charge in [-0.1, -0.05) is 0 Å². The molecular formula is C7H17N5. The van der Waals surface area contributed by atoms with Crippen molar-refractivity contribution in [3.8, 4) is 0 Å². The Kier molecular flexibility index (Phi) is 2.56. The van der Waals surface area contributed by atoms with Gasteiger partial charge in [0.25, 0.3) is 0 Å². The van der Waals surface area contributed by atoms with Gasteiger partial charge in [-0.25, -0.2) is 5.84 Å². The highest BCUT2D eigenvalue weighted by atomic mass is 15.8. The molecule has 0 radical (unpaired) electrons. The molecule has 6 N–H and O–H groups in total. The van der Waals surface area contributed by atoms with E-state index < -0.39 is 0 Å². The molecule has 5 heteroatoms. The van der Waals surface area contributed by atoms with Crippen LogP contribution in [0.25, 0.3) is 0 Å². The van der Waals surface area contributed by atoms with Crippen LogP contribution in [0.1, 0.15) is 13.3 Å². The van der Waals surface area contributed by atoms with Crippen LogP contribution in [0.2, 0.25) is 0 Å². The quantitative estimate of drug-likeness (QED) is 0.461. The third kappa shape index (κ3) is 1.26. The lowest BCUT2D eigenvalue weighted by atomic mass is 10.2. The first-order valence-corrected chi connectivity index (χ1v) is 4.05. The van der Waals surface area contributed by atoms with Crippen LogP contribution in [0.5, 0.6) is 0 Å². The summed E-state index contributed by atoms with van der Waals surface area (Å²) in [5, 5.41) is 3.47. The summed E-state index contributed by atoms with van der Waals surface area (Å²) in [5.74, 6) is 5.73. The van der Waals surface area contributed by atoms with Gasteiger partial charge in [-0.3, -0.25) is 5.01 Å². The smallest absolute Gasteiger partial charge is 0.0832 e. The zero-order valence-electron chi connectivity index (χ0n) is 7.62. The fourth-order valence-corrected chi connectivity index (χ4v) is 1.41. The fraction of sp³-hybridized carbons (Fsp3) is 0.714. The van der Waals surface area contributed by atoms with E-state index in [9.17, 15) is 0 Å². The van der Waals surface area contributed by atoms with E-state index in [0.717, 1.165) is 17.8 Å². The molecule has 1 unspecified atom stereocenters. The van der Waals surface area contributed by atoms with Crippen molar-refractivity contribution in [2.45, 2.75) is 19.4 Å². The van der Waals surface area contributed by atoms with E-state index in [1.165, 1.54) is 0 Å². The average Bonchev–Trinajstić information content (AvgIpc) is 2.23. The van der Waals surface area contributed by atoms with Crippen LogP contribution in [-0.4, -0.2) is 29.8 Å². The third-order valence-corrected chi connectivity index (χ3v) is 2.30. The SMILES string of the molecule is CC1C(N)=C(CCN)N(C)N1N. The average molecular weight is 171 g/mol. The Morgan fingerprint density at radius 2 is 2.08 bits per heavy atom. The molecule has 1 aliphatic heterocycles. The molecule has 0 saturated heterocycles. The first-order chi connectivity index (χ1) is 5.59. The van der Waals surface area contributed by atoms with Crippen molar-refractivity contribution in [3.63, 3.8) is 0 Å². The van der Waals surface area contributed by atoms with Crippen LogP contribution >= 0.6 is 0 Å². The van der Waals surface area contributed by atoms with E-state index in [1.54, 1.807) is 5.12 Å². The van der Waals surface area contributed by atoms with Crippen molar-refractivity contribution in [1.29, 1.82) is 0 Å². The maximum atomic E-state index is 5.85. The first kappa shape index (κ1) is 9.31. The van der Waals surface area contributed by atoms with Gasteiger partial charge < -0.3 is 11.5 Å². The maximum Gasteiger partial charge on any atom is 0.0832 e. The highest BCUT2D eigenvalue weighted by Gasteiger charge is 2.29. The van der Waals surface area contributed by atoms with Crippen molar-refractivity contribution < 1.29 is 0 Å². The standard InChI is InChI=1S/C7H17N5/c1-5-7(9)6(3-4-8)11(2)12(5)10/h5H,3-4,8-10H2,1-2H3. The predicted octanol–water partition coefficient (Wildman–Crippen LogP) is -1.07. The molecule has 0 aliphatic carbocycles. The molecular weight excluding hydrogens is 154 g/mol. The number of rotatable bonds is 2. The summed E-state index contributed by atoms with van der Waals surface area (Å²) in [6, 6.07) is 0.0801. The minimum Gasteiger partial charge on any atom is -0.399 e. The number of hydrogen-bond donors (Lipinski definition) is 3. The molecule has 70 valence electrons. The number of hydrogen-bond acceptors (Lipinski definition) is 5. The zero-order chi connectivity index (χ0) is 9.30. The predicted molar refractivity (Wildman–Crippen MR) is 48.1 cm³/mol. The van der Waals surface area contributed by atoms with Gasteiger partial charge in [-0.15, -0.1) is 0 Å². The highest BCUT2D eigenvalue weighted by Crippen LogP contribution is 2.23. The summed E-state index contributed by atoms with van der Waals surface area (Å²) in [6.07, 6.45) is 0.778. The van der Waals surface area contributed by atoms with E-state index in [4.69, 9.17) is 17.3 Å². The second-order valence-corrected chi connectivity index (χ2v) is 3.02. The van der Waals surface area contributed by atoms with Gasteiger partial charge in [0.2, 0.25) is 0 Å². The lowest BCUT2D eigenvalue weighted by Crippen LogP contribution is -2.45.